The number of nitriles is 1. The van der Waals surface area contributed by atoms with E-state index < -0.39 is 0 Å². The summed E-state index contributed by atoms with van der Waals surface area (Å²) in [6.07, 6.45) is 5.22. The molecular weight excluding hydrogens is 234 g/mol. The van der Waals surface area contributed by atoms with Gasteiger partial charge in [-0.1, -0.05) is 12.1 Å². The van der Waals surface area contributed by atoms with Gasteiger partial charge in [0, 0.05) is 36.6 Å². The second-order valence-electron chi connectivity index (χ2n) is 5.70. The minimum absolute atomic E-state index is 0.250. The zero-order valence-electron chi connectivity index (χ0n) is 11.3. The van der Waals surface area contributed by atoms with Gasteiger partial charge < -0.3 is 9.88 Å². The molecule has 1 heterocycles. The van der Waals surface area contributed by atoms with Gasteiger partial charge in [-0.05, 0) is 43.0 Å². The summed E-state index contributed by atoms with van der Waals surface area (Å²) >= 11 is 0. The first kappa shape index (κ1) is 12.3. The molecule has 1 aromatic heterocycles. The standard InChI is InChI=1S/C16H19N3/c1-18-11-13-2-3-14-4-9-19(15(14)10-13)12-16(5-6-16)7-8-17/h2-4,9-10,18H,5-7,11-12H2,1H3. The van der Waals surface area contributed by atoms with Crippen LogP contribution in [0.15, 0.2) is 30.5 Å². The lowest BCUT2D eigenvalue weighted by Gasteiger charge is -2.13. The molecule has 2 aromatic rings. The third-order valence-corrected chi connectivity index (χ3v) is 4.14. The van der Waals surface area contributed by atoms with Crippen LogP contribution in [-0.4, -0.2) is 11.6 Å². The van der Waals surface area contributed by atoms with Gasteiger partial charge in [0.15, 0.2) is 0 Å². The molecule has 1 aliphatic carbocycles. The number of rotatable bonds is 5. The molecule has 0 aliphatic heterocycles. The van der Waals surface area contributed by atoms with Crippen molar-refractivity contribution in [3.8, 4) is 6.07 Å². The van der Waals surface area contributed by atoms with E-state index >= 15 is 0 Å². The van der Waals surface area contributed by atoms with E-state index in [0.717, 1.165) is 13.1 Å². The third-order valence-electron chi connectivity index (χ3n) is 4.14. The first-order valence-corrected chi connectivity index (χ1v) is 6.86. The van der Waals surface area contributed by atoms with Crippen LogP contribution >= 0.6 is 0 Å². The van der Waals surface area contributed by atoms with Crippen LogP contribution in [0.25, 0.3) is 10.9 Å². The van der Waals surface area contributed by atoms with Crippen LogP contribution in [0.2, 0.25) is 0 Å². The number of aromatic nitrogens is 1. The van der Waals surface area contributed by atoms with E-state index in [1.807, 2.05) is 7.05 Å². The largest absolute Gasteiger partial charge is 0.347 e. The van der Waals surface area contributed by atoms with Crippen LogP contribution < -0.4 is 5.32 Å². The van der Waals surface area contributed by atoms with Gasteiger partial charge in [0.1, 0.15) is 0 Å². The Hall–Kier alpha value is -1.79. The summed E-state index contributed by atoms with van der Waals surface area (Å²) in [6, 6.07) is 11.1. The highest BCUT2D eigenvalue weighted by Gasteiger charge is 2.42. The molecule has 19 heavy (non-hydrogen) atoms. The Morgan fingerprint density at radius 1 is 1.37 bits per heavy atom. The summed E-state index contributed by atoms with van der Waals surface area (Å²) in [5.74, 6) is 0. The van der Waals surface area contributed by atoms with Gasteiger partial charge in [-0.3, -0.25) is 0 Å². The summed E-state index contributed by atoms with van der Waals surface area (Å²) in [4.78, 5) is 0. The predicted molar refractivity (Wildman–Crippen MR) is 76.6 cm³/mol. The zero-order chi connectivity index (χ0) is 13.3. The molecule has 0 bridgehead atoms. The Balaban J connectivity index is 1.91. The third kappa shape index (κ3) is 2.36. The Labute approximate surface area is 113 Å². The smallest absolute Gasteiger partial charge is 0.0628 e. The molecule has 1 fully saturated rings. The molecule has 0 unspecified atom stereocenters. The molecule has 1 aromatic carbocycles. The summed E-state index contributed by atoms with van der Waals surface area (Å²) in [6.45, 7) is 1.87. The van der Waals surface area contributed by atoms with Crippen molar-refractivity contribution in [3.05, 3.63) is 36.0 Å². The van der Waals surface area contributed by atoms with Crippen LogP contribution in [0.3, 0.4) is 0 Å². The zero-order valence-corrected chi connectivity index (χ0v) is 11.3. The number of fused-ring (bicyclic) bond motifs is 1. The maximum atomic E-state index is 8.93. The second-order valence-corrected chi connectivity index (χ2v) is 5.70. The molecule has 98 valence electrons. The quantitative estimate of drug-likeness (QED) is 0.889. The number of benzene rings is 1. The topological polar surface area (TPSA) is 40.8 Å². The molecule has 0 atom stereocenters. The molecule has 1 aliphatic rings. The Morgan fingerprint density at radius 3 is 2.89 bits per heavy atom. The molecule has 1 N–H and O–H groups in total. The average Bonchev–Trinajstić information content (AvgIpc) is 3.05. The minimum Gasteiger partial charge on any atom is -0.347 e. The minimum atomic E-state index is 0.250. The van der Waals surface area contributed by atoms with E-state index in [1.54, 1.807) is 0 Å². The fourth-order valence-corrected chi connectivity index (χ4v) is 2.78. The molecular formula is C16H19N3. The van der Waals surface area contributed by atoms with Crippen molar-refractivity contribution >= 4 is 10.9 Å². The fourth-order valence-electron chi connectivity index (χ4n) is 2.78. The number of hydrogen-bond donors (Lipinski definition) is 1. The summed E-state index contributed by atoms with van der Waals surface area (Å²) < 4.78 is 2.32. The number of hydrogen-bond acceptors (Lipinski definition) is 2. The lowest BCUT2D eigenvalue weighted by Crippen LogP contribution is -2.10. The van der Waals surface area contributed by atoms with Crippen LogP contribution in [0.5, 0.6) is 0 Å². The van der Waals surface area contributed by atoms with E-state index in [9.17, 15) is 0 Å². The van der Waals surface area contributed by atoms with Crippen LogP contribution in [0.1, 0.15) is 24.8 Å². The maximum absolute atomic E-state index is 8.93. The van der Waals surface area contributed by atoms with E-state index in [0.29, 0.717) is 6.42 Å². The first-order valence-electron chi connectivity index (χ1n) is 6.86. The average molecular weight is 253 g/mol. The molecule has 0 amide bonds. The molecule has 3 heteroatoms. The van der Waals surface area contributed by atoms with Crippen molar-refractivity contribution in [1.82, 2.24) is 9.88 Å². The highest BCUT2D eigenvalue weighted by Crippen LogP contribution is 2.50. The van der Waals surface area contributed by atoms with E-state index in [2.05, 4.69) is 46.4 Å². The summed E-state index contributed by atoms with van der Waals surface area (Å²) in [5, 5.41) is 13.4. The van der Waals surface area contributed by atoms with Crippen molar-refractivity contribution in [1.29, 1.82) is 5.26 Å². The Kier molecular flexibility index (Phi) is 3.04. The van der Waals surface area contributed by atoms with E-state index in [4.69, 9.17) is 5.26 Å². The SMILES string of the molecule is CNCc1ccc2ccn(CC3(CC#N)CC3)c2c1. The summed E-state index contributed by atoms with van der Waals surface area (Å²) in [7, 11) is 1.97. The Bertz CT molecular complexity index is 629. The van der Waals surface area contributed by atoms with Crippen molar-refractivity contribution < 1.29 is 0 Å². The van der Waals surface area contributed by atoms with Gasteiger partial charge >= 0.3 is 0 Å². The molecule has 3 rings (SSSR count). The molecule has 0 saturated heterocycles. The highest BCUT2D eigenvalue weighted by atomic mass is 15.0. The first-order chi connectivity index (χ1) is 9.26. The molecule has 0 radical (unpaired) electrons. The van der Waals surface area contributed by atoms with Crippen molar-refractivity contribution in [2.45, 2.75) is 32.4 Å². The van der Waals surface area contributed by atoms with Gasteiger partial charge in [-0.15, -0.1) is 0 Å². The van der Waals surface area contributed by atoms with E-state index in [-0.39, 0.29) is 5.41 Å². The summed E-state index contributed by atoms with van der Waals surface area (Å²) in [5.41, 5.74) is 2.84. The van der Waals surface area contributed by atoms with Crippen LogP contribution in [-0.2, 0) is 13.1 Å². The van der Waals surface area contributed by atoms with E-state index in [1.165, 1.54) is 29.3 Å². The molecule has 1 saturated carbocycles. The van der Waals surface area contributed by atoms with Crippen molar-refractivity contribution in [2.75, 3.05) is 7.05 Å². The Morgan fingerprint density at radius 2 is 2.21 bits per heavy atom. The number of nitrogens with one attached hydrogen (secondary N) is 1. The molecule has 0 spiro atoms. The maximum Gasteiger partial charge on any atom is 0.0628 e. The van der Waals surface area contributed by atoms with Crippen LogP contribution in [0, 0.1) is 16.7 Å². The molecule has 3 nitrogen and oxygen atoms in total. The van der Waals surface area contributed by atoms with Gasteiger partial charge in [-0.2, -0.15) is 5.26 Å². The van der Waals surface area contributed by atoms with Crippen molar-refractivity contribution in [3.63, 3.8) is 0 Å². The monoisotopic (exact) mass is 253 g/mol. The van der Waals surface area contributed by atoms with Gasteiger partial charge in [0.2, 0.25) is 0 Å². The second kappa shape index (κ2) is 4.71. The lowest BCUT2D eigenvalue weighted by molar-refractivity contribution is 0.439. The highest BCUT2D eigenvalue weighted by molar-refractivity contribution is 5.80. The number of nitrogens with zero attached hydrogens (tertiary/aromatic N) is 2. The van der Waals surface area contributed by atoms with Gasteiger partial charge in [-0.25, -0.2) is 0 Å². The van der Waals surface area contributed by atoms with Gasteiger partial charge in [0.25, 0.3) is 0 Å². The van der Waals surface area contributed by atoms with Gasteiger partial charge in [0.05, 0.1) is 6.07 Å². The predicted octanol–water partition coefficient (Wildman–Crippen LogP) is 3.05. The van der Waals surface area contributed by atoms with Crippen LogP contribution in [0.4, 0.5) is 0 Å². The normalized spacial score (nSPS) is 16.4. The van der Waals surface area contributed by atoms with Crippen molar-refractivity contribution in [2.24, 2.45) is 5.41 Å². The fraction of sp³-hybridized carbons (Fsp3) is 0.438. The lowest BCUT2D eigenvalue weighted by atomic mass is 10.0.